The van der Waals surface area contributed by atoms with E-state index in [1.54, 1.807) is 14.2 Å². The molecule has 5 atom stereocenters. The monoisotopic (exact) mass is 418 g/mol. The Morgan fingerprint density at radius 2 is 1.60 bits per heavy atom. The highest BCUT2D eigenvalue weighted by Gasteiger charge is 2.49. The Kier molecular flexibility index (Phi) is 8.42. The summed E-state index contributed by atoms with van der Waals surface area (Å²) in [6, 6.07) is 9.92. The fourth-order valence-corrected chi connectivity index (χ4v) is 3.93. The Bertz CT molecular complexity index is 718. The van der Waals surface area contributed by atoms with Gasteiger partial charge < -0.3 is 23.7 Å². The maximum atomic E-state index is 12.4. The number of benzene rings is 1. The third-order valence-electron chi connectivity index (χ3n) is 5.43. The highest BCUT2D eigenvalue weighted by Crippen LogP contribution is 2.30. The van der Waals surface area contributed by atoms with E-state index in [0.29, 0.717) is 19.3 Å². The SMILES string of the molecule is CO[C@@H]1[C@@H](OC)[C@H](Cc2ccccc2)O[C@@H]2COC(=O)CC/C=C/CCC(=O)O[C@@H]12. The van der Waals surface area contributed by atoms with Crippen LogP contribution in [0.3, 0.4) is 0 Å². The molecule has 2 aliphatic rings. The maximum Gasteiger partial charge on any atom is 0.306 e. The van der Waals surface area contributed by atoms with Gasteiger partial charge in [-0.05, 0) is 18.4 Å². The quantitative estimate of drug-likeness (QED) is 0.549. The standard InChI is InChI=1S/C23H30O7/c1-26-21-17(14-16-10-6-5-7-11-16)29-18-15-28-19(24)12-8-3-4-9-13-20(25)30-22(18)23(21)27-2/h3-7,10-11,17-18,21-23H,8-9,12-15H2,1-2H3/b4-3+/t17-,18+,21-,22+,23+/m0/s1. The van der Waals surface area contributed by atoms with Crippen molar-refractivity contribution in [3.63, 3.8) is 0 Å². The number of carbonyl (C=O) groups is 2. The Morgan fingerprint density at radius 1 is 0.933 bits per heavy atom. The number of hydrogen-bond donors (Lipinski definition) is 0. The van der Waals surface area contributed by atoms with Gasteiger partial charge in [0.05, 0.1) is 6.10 Å². The molecule has 0 saturated carbocycles. The molecule has 1 fully saturated rings. The minimum Gasteiger partial charge on any atom is -0.463 e. The number of fused-ring (bicyclic) bond motifs is 1. The first kappa shape index (κ1) is 22.5. The zero-order valence-electron chi connectivity index (χ0n) is 17.5. The molecule has 0 spiro atoms. The summed E-state index contributed by atoms with van der Waals surface area (Å²) >= 11 is 0. The highest BCUT2D eigenvalue weighted by molar-refractivity contribution is 5.70. The first-order valence-electron chi connectivity index (χ1n) is 10.4. The summed E-state index contributed by atoms with van der Waals surface area (Å²) in [4.78, 5) is 24.5. The minimum absolute atomic E-state index is 0.0118. The van der Waals surface area contributed by atoms with Crippen LogP contribution in [0.2, 0.25) is 0 Å². The number of ether oxygens (including phenoxy) is 5. The number of esters is 2. The lowest BCUT2D eigenvalue weighted by molar-refractivity contribution is -0.251. The van der Waals surface area contributed by atoms with E-state index >= 15 is 0 Å². The van der Waals surface area contributed by atoms with E-state index in [2.05, 4.69) is 0 Å². The molecule has 30 heavy (non-hydrogen) atoms. The number of hydrogen-bond acceptors (Lipinski definition) is 7. The van der Waals surface area contributed by atoms with Gasteiger partial charge in [0.2, 0.25) is 0 Å². The summed E-state index contributed by atoms with van der Waals surface area (Å²) in [7, 11) is 3.15. The molecular formula is C23H30O7. The predicted molar refractivity (Wildman–Crippen MR) is 109 cm³/mol. The van der Waals surface area contributed by atoms with Crippen LogP contribution in [0.4, 0.5) is 0 Å². The summed E-state index contributed by atoms with van der Waals surface area (Å²) in [6.45, 7) is -0.0118. The number of carbonyl (C=O) groups excluding carboxylic acids is 2. The number of methoxy groups -OCH3 is 2. The van der Waals surface area contributed by atoms with Crippen LogP contribution in [0.1, 0.15) is 31.2 Å². The average Bonchev–Trinajstić information content (AvgIpc) is 2.76. The molecule has 2 heterocycles. The fourth-order valence-electron chi connectivity index (χ4n) is 3.93. The van der Waals surface area contributed by atoms with E-state index in [4.69, 9.17) is 23.7 Å². The average molecular weight is 418 g/mol. The van der Waals surface area contributed by atoms with Crippen molar-refractivity contribution in [1.29, 1.82) is 0 Å². The van der Waals surface area contributed by atoms with Gasteiger partial charge in [-0.1, -0.05) is 42.5 Å². The molecule has 1 saturated heterocycles. The molecule has 0 aliphatic carbocycles. The predicted octanol–water partition coefficient (Wildman–Crippen LogP) is 2.61. The highest BCUT2D eigenvalue weighted by atomic mass is 16.6. The second-order valence-corrected chi connectivity index (χ2v) is 7.49. The Morgan fingerprint density at radius 3 is 2.27 bits per heavy atom. The van der Waals surface area contributed by atoms with Gasteiger partial charge in [-0.3, -0.25) is 9.59 Å². The van der Waals surface area contributed by atoms with Crippen LogP contribution in [-0.2, 0) is 39.7 Å². The van der Waals surface area contributed by atoms with Crippen LogP contribution in [0, 0.1) is 0 Å². The first-order valence-corrected chi connectivity index (χ1v) is 10.4. The van der Waals surface area contributed by atoms with Crippen molar-refractivity contribution in [1.82, 2.24) is 0 Å². The van der Waals surface area contributed by atoms with Crippen LogP contribution < -0.4 is 0 Å². The van der Waals surface area contributed by atoms with Crippen LogP contribution in [0.15, 0.2) is 42.5 Å². The van der Waals surface area contributed by atoms with Gasteiger partial charge in [0.1, 0.15) is 24.9 Å². The van der Waals surface area contributed by atoms with Crippen LogP contribution in [0.5, 0.6) is 0 Å². The van der Waals surface area contributed by atoms with Crippen LogP contribution >= 0.6 is 0 Å². The van der Waals surface area contributed by atoms with Gasteiger partial charge in [-0.25, -0.2) is 0 Å². The molecule has 7 heteroatoms. The van der Waals surface area contributed by atoms with Crippen molar-refractivity contribution in [2.45, 2.75) is 62.6 Å². The van der Waals surface area contributed by atoms with E-state index in [1.165, 1.54) is 0 Å². The largest absolute Gasteiger partial charge is 0.463 e. The zero-order chi connectivity index (χ0) is 21.3. The van der Waals surface area contributed by atoms with Gasteiger partial charge in [-0.15, -0.1) is 0 Å². The summed E-state index contributed by atoms with van der Waals surface area (Å²) in [5.41, 5.74) is 1.09. The van der Waals surface area contributed by atoms with Crippen molar-refractivity contribution < 1.29 is 33.3 Å². The lowest BCUT2D eigenvalue weighted by Crippen LogP contribution is -2.61. The molecule has 0 amide bonds. The van der Waals surface area contributed by atoms with Gasteiger partial charge in [0.25, 0.3) is 0 Å². The third-order valence-corrected chi connectivity index (χ3v) is 5.43. The topological polar surface area (TPSA) is 80.3 Å². The number of rotatable bonds is 4. The summed E-state index contributed by atoms with van der Waals surface area (Å²) < 4.78 is 28.9. The van der Waals surface area contributed by atoms with E-state index in [-0.39, 0.29) is 37.5 Å². The molecule has 2 aliphatic heterocycles. The lowest BCUT2D eigenvalue weighted by Gasteiger charge is -2.45. The van der Waals surface area contributed by atoms with E-state index in [9.17, 15) is 9.59 Å². The number of cyclic esters (lactones) is 1. The lowest BCUT2D eigenvalue weighted by atomic mass is 9.91. The molecule has 1 aromatic rings. The van der Waals surface area contributed by atoms with Gasteiger partial charge >= 0.3 is 11.9 Å². The molecule has 0 bridgehead atoms. The molecule has 7 nitrogen and oxygen atoms in total. The number of allylic oxidation sites excluding steroid dienone is 2. The van der Waals surface area contributed by atoms with Crippen molar-refractivity contribution in [3.05, 3.63) is 48.0 Å². The van der Waals surface area contributed by atoms with Crippen molar-refractivity contribution in [2.75, 3.05) is 20.8 Å². The van der Waals surface area contributed by atoms with Gasteiger partial charge in [0, 0.05) is 33.5 Å². The third kappa shape index (κ3) is 5.90. The molecule has 0 N–H and O–H groups in total. The van der Waals surface area contributed by atoms with E-state index in [1.807, 2.05) is 42.5 Å². The van der Waals surface area contributed by atoms with Gasteiger partial charge in [0.15, 0.2) is 6.10 Å². The second kappa shape index (κ2) is 11.2. The molecule has 1 aromatic carbocycles. The molecule has 0 unspecified atom stereocenters. The molecule has 3 rings (SSSR count). The van der Waals surface area contributed by atoms with Gasteiger partial charge in [-0.2, -0.15) is 0 Å². The maximum absolute atomic E-state index is 12.4. The normalized spacial score (nSPS) is 31.9. The molecular weight excluding hydrogens is 388 g/mol. The Balaban J connectivity index is 1.83. The van der Waals surface area contributed by atoms with Crippen LogP contribution in [0.25, 0.3) is 0 Å². The van der Waals surface area contributed by atoms with E-state index < -0.39 is 24.4 Å². The van der Waals surface area contributed by atoms with Crippen molar-refractivity contribution >= 4 is 11.9 Å². The Labute approximate surface area is 177 Å². The van der Waals surface area contributed by atoms with Crippen molar-refractivity contribution in [2.24, 2.45) is 0 Å². The smallest absolute Gasteiger partial charge is 0.306 e. The Hall–Kier alpha value is -2.22. The first-order chi connectivity index (χ1) is 14.6. The summed E-state index contributed by atoms with van der Waals surface area (Å²) in [5.74, 6) is -0.655. The minimum atomic E-state index is -0.739. The summed E-state index contributed by atoms with van der Waals surface area (Å²) in [6.07, 6.45) is 3.27. The summed E-state index contributed by atoms with van der Waals surface area (Å²) in [5, 5.41) is 0. The van der Waals surface area contributed by atoms with Crippen LogP contribution in [-0.4, -0.2) is 63.3 Å². The van der Waals surface area contributed by atoms with E-state index in [0.717, 1.165) is 5.56 Å². The molecule has 164 valence electrons. The second-order valence-electron chi connectivity index (χ2n) is 7.49. The molecule has 0 radical (unpaired) electrons. The molecule has 0 aromatic heterocycles. The zero-order valence-corrected chi connectivity index (χ0v) is 17.5. The fraction of sp³-hybridized carbons (Fsp3) is 0.565. The van der Waals surface area contributed by atoms with Crippen molar-refractivity contribution in [3.8, 4) is 0 Å².